The van der Waals surface area contributed by atoms with E-state index in [1.54, 1.807) is 32.4 Å². The summed E-state index contributed by atoms with van der Waals surface area (Å²) in [7, 11) is -1.53. The largest absolute Gasteiger partial charge is 0.352 e. The number of hydrogen-bond acceptors (Lipinski definition) is 5. The van der Waals surface area contributed by atoms with Crippen LogP contribution in [-0.2, 0) is 22.9 Å². The van der Waals surface area contributed by atoms with Crippen LogP contribution in [0.5, 0.6) is 0 Å². The van der Waals surface area contributed by atoms with Crippen molar-refractivity contribution in [3.8, 4) is 5.69 Å². The van der Waals surface area contributed by atoms with Gasteiger partial charge < -0.3 is 10.6 Å². The molecule has 0 aliphatic rings. The quantitative estimate of drug-likeness (QED) is 0.473. The van der Waals surface area contributed by atoms with Crippen molar-refractivity contribution in [3.63, 3.8) is 0 Å². The Bertz CT molecular complexity index is 1110. The van der Waals surface area contributed by atoms with Crippen LogP contribution in [0.1, 0.15) is 17.0 Å². The summed E-state index contributed by atoms with van der Waals surface area (Å²) >= 11 is 0. The van der Waals surface area contributed by atoms with Crippen molar-refractivity contribution in [1.82, 2.24) is 25.4 Å². The van der Waals surface area contributed by atoms with E-state index in [9.17, 15) is 8.42 Å². The minimum Gasteiger partial charge on any atom is -0.352 e. The molecule has 0 saturated carbocycles. The van der Waals surface area contributed by atoms with Crippen molar-refractivity contribution in [1.29, 1.82) is 0 Å². The lowest BCUT2D eigenvalue weighted by atomic mass is 10.1. The number of aromatic nitrogens is 3. The van der Waals surface area contributed by atoms with E-state index in [1.165, 1.54) is 6.26 Å². The fraction of sp³-hybridized carbons (Fsp3) is 0.250. The molecule has 0 amide bonds. The predicted molar refractivity (Wildman–Crippen MR) is 113 cm³/mol. The summed E-state index contributed by atoms with van der Waals surface area (Å²) in [6, 6.07) is 15.2. The molecular formula is C20H24N6O2S. The summed E-state index contributed by atoms with van der Waals surface area (Å²) in [5.74, 6) is 1.37. The first-order chi connectivity index (χ1) is 13.9. The lowest BCUT2D eigenvalue weighted by Gasteiger charge is -2.13. The van der Waals surface area contributed by atoms with E-state index in [0.717, 1.165) is 22.6 Å². The van der Waals surface area contributed by atoms with Gasteiger partial charge in [-0.1, -0.05) is 30.3 Å². The third-order valence-electron chi connectivity index (χ3n) is 4.39. The number of sulfone groups is 1. The molecule has 2 aromatic carbocycles. The molecule has 8 nitrogen and oxygen atoms in total. The molecule has 29 heavy (non-hydrogen) atoms. The first kappa shape index (κ1) is 20.5. The molecular weight excluding hydrogens is 388 g/mol. The van der Waals surface area contributed by atoms with Gasteiger partial charge in [0.1, 0.15) is 6.33 Å². The summed E-state index contributed by atoms with van der Waals surface area (Å²) in [6.45, 7) is 2.75. The molecule has 0 atom stereocenters. The van der Waals surface area contributed by atoms with Crippen LogP contribution in [0.25, 0.3) is 5.69 Å². The molecule has 2 N–H and O–H groups in total. The van der Waals surface area contributed by atoms with Gasteiger partial charge in [-0.15, -0.1) is 10.2 Å². The fourth-order valence-corrected chi connectivity index (χ4v) is 3.95. The van der Waals surface area contributed by atoms with Gasteiger partial charge >= 0.3 is 0 Å². The second-order valence-electron chi connectivity index (χ2n) is 6.60. The first-order valence-electron chi connectivity index (χ1n) is 9.07. The molecule has 0 bridgehead atoms. The van der Waals surface area contributed by atoms with E-state index in [2.05, 4.69) is 25.8 Å². The van der Waals surface area contributed by atoms with Crippen LogP contribution in [0.15, 0.2) is 64.7 Å². The highest BCUT2D eigenvalue weighted by atomic mass is 32.2. The van der Waals surface area contributed by atoms with Gasteiger partial charge in [0.15, 0.2) is 21.6 Å². The number of hydrogen-bond donors (Lipinski definition) is 2. The Morgan fingerprint density at radius 2 is 1.83 bits per heavy atom. The molecule has 0 unspecified atom stereocenters. The summed E-state index contributed by atoms with van der Waals surface area (Å²) in [6.07, 6.45) is 2.89. The van der Waals surface area contributed by atoms with Gasteiger partial charge in [-0.25, -0.2) is 8.42 Å². The highest BCUT2D eigenvalue weighted by Gasteiger charge is 2.11. The van der Waals surface area contributed by atoms with Crippen LogP contribution in [0.4, 0.5) is 0 Å². The van der Waals surface area contributed by atoms with Crippen LogP contribution in [-0.4, -0.2) is 42.4 Å². The Morgan fingerprint density at radius 3 is 2.48 bits per heavy atom. The van der Waals surface area contributed by atoms with E-state index in [1.807, 2.05) is 41.0 Å². The van der Waals surface area contributed by atoms with Crippen molar-refractivity contribution in [2.45, 2.75) is 24.9 Å². The second-order valence-corrected chi connectivity index (χ2v) is 8.59. The molecule has 0 fully saturated rings. The fourth-order valence-electron chi connectivity index (χ4n) is 2.99. The number of guanidine groups is 1. The Hall–Kier alpha value is -3.20. The molecule has 3 rings (SSSR count). The van der Waals surface area contributed by atoms with Crippen molar-refractivity contribution < 1.29 is 8.42 Å². The number of nitrogens with zero attached hydrogens (tertiary/aromatic N) is 4. The molecule has 152 valence electrons. The van der Waals surface area contributed by atoms with Crippen molar-refractivity contribution in [3.05, 3.63) is 71.8 Å². The van der Waals surface area contributed by atoms with Gasteiger partial charge in [0.25, 0.3) is 0 Å². The normalized spacial score (nSPS) is 12.0. The van der Waals surface area contributed by atoms with Crippen LogP contribution in [0.3, 0.4) is 0 Å². The third-order valence-corrected chi connectivity index (χ3v) is 5.65. The smallest absolute Gasteiger partial charge is 0.191 e. The molecule has 9 heteroatoms. The maximum Gasteiger partial charge on any atom is 0.191 e. The van der Waals surface area contributed by atoms with Gasteiger partial charge in [-0.05, 0) is 36.2 Å². The van der Waals surface area contributed by atoms with E-state index in [-0.39, 0.29) is 0 Å². The van der Waals surface area contributed by atoms with Gasteiger partial charge in [-0.3, -0.25) is 9.56 Å². The summed E-state index contributed by atoms with van der Waals surface area (Å²) in [5.41, 5.74) is 2.68. The Labute approximate surface area is 170 Å². The topological polar surface area (TPSA) is 101 Å². The lowest BCUT2D eigenvalue weighted by Crippen LogP contribution is -2.37. The summed E-state index contributed by atoms with van der Waals surface area (Å²) < 4.78 is 25.4. The zero-order valence-corrected chi connectivity index (χ0v) is 17.4. The standard InChI is InChI=1S/C20H24N6O2S/c1-15-11-16(9-10-18(15)29(3,27)28)12-22-20(21-2)23-13-19-25-24-14-26(19)17-7-5-4-6-8-17/h4-11,14H,12-13H2,1-3H3,(H2,21,22,23). The van der Waals surface area contributed by atoms with Crippen molar-refractivity contribution in [2.24, 2.45) is 4.99 Å². The van der Waals surface area contributed by atoms with Crippen LogP contribution < -0.4 is 10.6 Å². The highest BCUT2D eigenvalue weighted by molar-refractivity contribution is 7.90. The number of benzene rings is 2. The van der Waals surface area contributed by atoms with Crippen molar-refractivity contribution in [2.75, 3.05) is 13.3 Å². The second kappa shape index (κ2) is 8.87. The molecule has 1 heterocycles. The molecule has 0 spiro atoms. The summed E-state index contributed by atoms with van der Waals surface area (Å²) in [5, 5.41) is 14.6. The Balaban J connectivity index is 1.62. The van der Waals surface area contributed by atoms with E-state index in [4.69, 9.17) is 0 Å². The van der Waals surface area contributed by atoms with Gasteiger partial charge in [-0.2, -0.15) is 0 Å². The number of aryl methyl sites for hydroxylation is 1. The molecule has 0 aliphatic heterocycles. The van der Waals surface area contributed by atoms with Crippen LogP contribution in [0, 0.1) is 6.92 Å². The molecule has 3 aromatic rings. The van der Waals surface area contributed by atoms with Crippen molar-refractivity contribution >= 4 is 15.8 Å². The minimum absolute atomic E-state index is 0.351. The maximum atomic E-state index is 11.7. The zero-order chi connectivity index (χ0) is 20.9. The molecule has 0 aliphatic carbocycles. The highest BCUT2D eigenvalue weighted by Crippen LogP contribution is 2.16. The van der Waals surface area contributed by atoms with E-state index >= 15 is 0 Å². The maximum absolute atomic E-state index is 11.7. The third kappa shape index (κ3) is 5.20. The first-order valence-corrected chi connectivity index (χ1v) is 11.0. The van der Waals surface area contributed by atoms with E-state index in [0.29, 0.717) is 23.9 Å². The lowest BCUT2D eigenvalue weighted by molar-refractivity contribution is 0.601. The van der Waals surface area contributed by atoms with Crippen LogP contribution >= 0.6 is 0 Å². The van der Waals surface area contributed by atoms with Gasteiger partial charge in [0.05, 0.1) is 11.4 Å². The molecule has 0 radical (unpaired) electrons. The number of nitrogens with one attached hydrogen (secondary N) is 2. The van der Waals surface area contributed by atoms with Crippen LogP contribution in [0.2, 0.25) is 0 Å². The van der Waals surface area contributed by atoms with E-state index < -0.39 is 9.84 Å². The van der Waals surface area contributed by atoms with Gasteiger partial charge in [0.2, 0.25) is 0 Å². The predicted octanol–water partition coefficient (Wildman–Crippen LogP) is 1.84. The average Bonchev–Trinajstić information content (AvgIpc) is 3.16. The Morgan fingerprint density at radius 1 is 1.10 bits per heavy atom. The zero-order valence-electron chi connectivity index (χ0n) is 16.6. The number of rotatable bonds is 6. The van der Waals surface area contributed by atoms with Gasteiger partial charge in [0, 0.05) is 25.5 Å². The average molecular weight is 413 g/mol. The number of para-hydroxylation sites is 1. The number of aliphatic imine (C=N–C) groups is 1. The Kier molecular flexibility index (Phi) is 6.28. The SMILES string of the molecule is CN=C(NCc1ccc(S(C)(=O)=O)c(C)c1)NCc1nncn1-c1ccccc1. The minimum atomic E-state index is -3.22. The molecule has 0 saturated heterocycles. The summed E-state index contributed by atoms with van der Waals surface area (Å²) in [4.78, 5) is 4.58. The molecule has 1 aromatic heterocycles. The monoisotopic (exact) mass is 412 g/mol.